The molecule has 2 rings (SSSR count). The Bertz CT molecular complexity index is 211. The van der Waals surface area contributed by atoms with E-state index in [9.17, 15) is 4.79 Å². The average Bonchev–Trinajstić information content (AvgIpc) is 2.81. The van der Waals surface area contributed by atoms with Crippen LogP contribution in [0.15, 0.2) is 0 Å². The molecule has 2 fully saturated rings. The SMILES string of the molecule is O=C(NCC1CCCCS1)C1CCCN1. The van der Waals surface area contributed by atoms with Crippen LogP contribution >= 0.6 is 11.8 Å². The summed E-state index contributed by atoms with van der Waals surface area (Å²) in [6.45, 7) is 1.86. The number of carbonyl (C=O) groups excluding carboxylic acids is 1. The van der Waals surface area contributed by atoms with Crippen molar-refractivity contribution >= 4 is 17.7 Å². The largest absolute Gasteiger partial charge is 0.354 e. The molecule has 2 saturated heterocycles. The summed E-state index contributed by atoms with van der Waals surface area (Å²) in [6, 6.07) is 0.0820. The quantitative estimate of drug-likeness (QED) is 0.761. The van der Waals surface area contributed by atoms with Crippen molar-refractivity contribution in [3.63, 3.8) is 0 Å². The summed E-state index contributed by atoms with van der Waals surface area (Å²) in [6.07, 6.45) is 6.08. The normalized spacial score (nSPS) is 31.5. The summed E-state index contributed by atoms with van der Waals surface area (Å²) in [5, 5.41) is 6.95. The number of amides is 1. The second-order valence-corrected chi connectivity index (χ2v) is 5.79. The summed E-state index contributed by atoms with van der Waals surface area (Å²) in [4.78, 5) is 11.7. The van der Waals surface area contributed by atoms with Gasteiger partial charge in [0.1, 0.15) is 0 Å². The van der Waals surface area contributed by atoms with Gasteiger partial charge in [0, 0.05) is 11.8 Å². The van der Waals surface area contributed by atoms with Crippen molar-refractivity contribution in [3.8, 4) is 0 Å². The van der Waals surface area contributed by atoms with Gasteiger partial charge in [-0.25, -0.2) is 0 Å². The first kappa shape index (κ1) is 11.3. The van der Waals surface area contributed by atoms with Crippen LogP contribution in [-0.4, -0.2) is 36.0 Å². The Hall–Kier alpha value is -0.220. The summed E-state index contributed by atoms with van der Waals surface area (Å²) < 4.78 is 0. The van der Waals surface area contributed by atoms with E-state index in [2.05, 4.69) is 10.6 Å². The smallest absolute Gasteiger partial charge is 0.237 e. The molecule has 0 spiro atoms. The van der Waals surface area contributed by atoms with Gasteiger partial charge < -0.3 is 10.6 Å². The highest BCUT2D eigenvalue weighted by Gasteiger charge is 2.22. The third-order valence-electron chi connectivity index (χ3n) is 3.15. The molecule has 2 atom stereocenters. The van der Waals surface area contributed by atoms with Crippen LogP contribution in [0.1, 0.15) is 32.1 Å². The Morgan fingerprint density at radius 1 is 1.33 bits per heavy atom. The molecule has 0 radical (unpaired) electrons. The van der Waals surface area contributed by atoms with Crippen LogP contribution in [-0.2, 0) is 4.79 Å². The minimum absolute atomic E-state index is 0.0820. The summed E-state index contributed by atoms with van der Waals surface area (Å²) in [5.41, 5.74) is 0. The van der Waals surface area contributed by atoms with Gasteiger partial charge in [-0.05, 0) is 38.0 Å². The van der Waals surface area contributed by atoms with Crippen molar-refractivity contribution in [1.82, 2.24) is 10.6 Å². The summed E-state index contributed by atoms with van der Waals surface area (Å²) in [7, 11) is 0. The minimum atomic E-state index is 0.0820. The molecule has 2 N–H and O–H groups in total. The van der Waals surface area contributed by atoms with E-state index in [4.69, 9.17) is 0 Å². The lowest BCUT2D eigenvalue weighted by Crippen LogP contribution is -2.43. The Balaban J connectivity index is 1.65. The monoisotopic (exact) mass is 228 g/mol. The molecule has 2 aliphatic rings. The molecule has 0 aromatic carbocycles. The first-order valence-electron chi connectivity index (χ1n) is 5.99. The van der Waals surface area contributed by atoms with Crippen molar-refractivity contribution in [2.75, 3.05) is 18.8 Å². The predicted molar refractivity (Wildman–Crippen MR) is 64.1 cm³/mol. The molecule has 0 aliphatic carbocycles. The van der Waals surface area contributed by atoms with Crippen molar-refractivity contribution in [1.29, 1.82) is 0 Å². The van der Waals surface area contributed by atoms with Crippen LogP contribution in [0, 0.1) is 0 Å². The molecule has 2 aliphatic heterocycles. The number of rotatable bonds is 3. The van der Waals surface area contributed by atoms with Gasteiger partial charge in [-0.2, -0.15) is 11.8 Å². The molecule has 2 heterocycles. The fourth-order valence-electron chi connectivity index (χ4n) is 2.21. The first-order valence-corrected chi connectivity index (χ1v) is 7.04. The third-order valence-corrected chi connectivity index (χ3v) is 4.55. The van der Waals surface area contributed by atoms with E-state index >= 15 is 0 Å². The Morgan fingerprint density at radius 2 is 2.27 bits per heavy atom. The molecule has 1 amide bonds. The van der Waals surface area contributed by atoms with Gasteiger partial charge in [0.05, 0.1) is 6.04 Å². The van der Waals surface area contributed by atoms with Gasteiger partial charge in [0.25, 0.3) is 0 Å². The Morgan fingerprint density at radius 3 is 2.93 bits per heavy atom. The zero-order chi connectivity index (χ0) is 10.5. The third kappa shape index (κ3) is 3.38. The van der Waals surface area contributed by atoms with E-state index in [-0.39, 0.29) is 11.9 Å². The van der Waals surface area contributed by atoms with Crippen LogP contribution in [0.3, 0.4) is 0 Å². The standard InChI is InChI=1S/C11H20N2OS/c14-11(10-5-3-6-12-10)13-8-9-4-1-2-7-15-9/h9-10,12H,1-8H2,(H,13,14). The first-order chi connectivity index (χ1) is 7.36. The van der Waals surface area contributed by atoms with E-state index < -0.39 is 0 Å². The fourth-order valence-corrected chi connectivity index (χ4v) is 3.45. The van der Waals surface area contributed by atoms with Gasteiger partial charge in [-0.15, -0.1) is 0 Å². The highest BCUT2D eigenvalue weighted by Crippen LogP contribution is 2.24. The highest BCUT2D eigenvalue weighted by atomic mass is 32.2. The molecule has 0 aromatic heterocycles. The lowest BCUT2D eigenvalue weighted by atomic mass is 10.2. The molecule has 86 valence electrons. The number of carbonyl (C=O) groups is 1. The molecule has 15 heavy (non-hydrogen) atoms. The molecule has 0 saturated carbocycles. The van der Waals surface area contributed by atoms with Crippen molar-refractivity contribution in [3.05, 3.63) is 0 Å². The van der Waals surface area contributed by atoms with Crippen molar-refractivity contribution in [2.45, 2.75) is 43.4 Å². The maximum atomic E-state index is 11.7. The zero-order valence-electron chi connectivity index (χ0n) is 9.13. The Kier molecular flexibility index (Phi) is 4.32. The molecular formula is C11H20N2OS. The zero-order valence-corrected chi connectivity index (χ0v) is 9.94. The van der Waals surface area contributed by atoms with Gasteiger partial charge in [0.15, 0.2) is 0 Å². The molecule has 0 bridgehead atoms. The van der Waals surface area contributed by atoms with E-state index in [1.807, 2.05) is 11.8 Å². The minimum Gasteiger partial charge on any atom is -0.354 e. The van der Waals surface area contributed by atoms with E-state index in [0.717, 1.165) is 25.9 Å². The summed E-state index contributed by atoms with van der Waals surface area (Å²) >= 11 is 2.01. The lowest BCUT2D eigenvalue weighted by molar-refractivity contribution is -0.122. The number of nitrogens with one attached hydrogen (secondary N) is 2. The maximum Gasteiger partial charge on any atom is 0.237 e. The predicted octanol–water partition coefficient (Wildman–Crippen LogP) is 1.14. The van der Waals surface area contributed by atoms with E-state index in [0.29, 0.717) is 5.25 Å². The highest BCUT2D eigenvalue weighted by molar-refractivity contribution is 7.99. The second kappa shape index (κ2) is 5.75. The van der Waals surface area contributed by atoms with E-state index in [1.165, 1.54) is 25.0 Å². The molecular weight excluding hydrogens is 208 g/mol. The summed E-state index contributed by atoms with van der Waals surface area (Å²) in [5.74, 6) is 1.47. The number of thioether (sulfide) groups is 1. The van der Waals surface area contributed by atoms with Crippen LogP contribution in [0.5, 0.6) is 0 Å². The molecule has 2 unspecified atom stereocenters. The molecule has 4 heteroatoms. The number of hydrogen-bond acceptors (Lipinski definition) is 3. The second-order valence-electron chi connectivity index (χ2n) is 4.38. The van der Waals surface area contributed by atoms with Gasteiger partial charge in [0.2, 0.25) is 5.91 Å². The van der Waals surface area contributed by atoms with Gasteiger partial charge >= 0.3 is 0 Å². The van der Waals surface area contributed by atoms with Gasteiger partial charge in [-0.1, -0.05) is 6.42 Å². The molecule has 0 aromatic rings. The van der Waals surface area contributed by atoms with Crippen molar-refractivity contribution in [2.24, 2.45) is 0 Å². The van der Waals surface area contributed by atoms with E-state index in [1.54, 1.807) is 0 Å². The Labute approximate surface area is 95.8 Å². The van der Waals surface area contributed by atoms with Crippen molar-refractivity contribution < 1.29 is 4.79 Å². The molecule has 3 nitrogen and oxygen atoms in total. The van der Waals surface area contributed by atoms with Crippen LogP contribution in [0.25, 0.3) is 0 Å². The van der Waals surface area contributed by atoms with Crippen LogP contribution < -0.4 is 10.6 Å². The lowest BCUT2D eigenvalue weighted by Gasteiger charge is -2.22. The average molecular weight is 228 g/mol. The van der Waals surface area contributed by atoms with Crippen LogP contribution in [0.4, 0.5) is 0 Å². The number of hydrogen-bond donors (Lipinski definition) is 2. The van der Waals surface area contributed by atoms with Crippen LogP contribution in [0.2, 0.25) is 0 Å². The van der Waals surface area contributed by atoms with Gasteiger partial charge in [-0.3, -0.25) is 4.79 Å². The topological polar surface area (TPSA) is 41.1 Å². The maximum absolute atomic E-state index is 11.7. The fraction of sp³-hybridized carbons (Fsp3) is 0.909.